The van der Waals surface area contributed by atoms with Crippen molar-refractivity contribution in [3.63, 3.8) is 0 Å². The van der Waals surface area contributed by atoms with Crippen LogP contribution >= 0.6 is 24.8 Å². The largest absolute Gasteiger partial charge is 0.493 e. The Morgan fingerprint density at radius 3 is 2.53 bits per heavy atom. The van der Waals surface area contributed by atoms with Gasteiger partial charge in [0, 0.05) is 24.8 Å². The van der Waals surface area contributed by atoms with E-state index in [1.165, 1.54) is 12.8 Å². The molecule has 98 valence electrons. The van der Waals surface area contributed by atoms with Gasteiger partial charge in [0.1, 0.15) is 0 Å². The molecule has 0 radical (unpaired) electrons. The monoisotopic (exact) mass is 280 g/mol. The first-order valence-corrected chi connectivity index (χ1v) is 5.14. The molecule has 1 aliphatic carbocycles. The van der Waals surface area contributed by atoms with Crippen LogP contribution in [0.5, 0.6) is 11.5 Å². The topological polar surface area (TPSA) is 43.4 Å². The second-order valence-corrected chi connectivity index (χ2v) is 3.65. The molecule has 0 aromatic carbocycles. The second-order valence-electron chi connectivity index (χ2n) is 3.65. The molecule has 1 aliphatic rings. The summed E-state index contributed by atoms with van der Waals surface area (Å²) in [5, 5.41) is 3.40. The molecule has 0 bridgehead atoms. The van der Waals surface area contributed by atoms with Gasteiger partial charge in [0.25, 0.3) is 0 Å². The highest BCUT2D eigenvalue weighted by Crippen LogP contribution is 2.29. The Balaban J connectivity index is 0.00000128. The van der Waals surface area contributed by atoms with Crippen molar-refractivity contribution in [2.24, 2.45) is 0 Å². The lowest BCUT2D eigenvalue weighted by atomic mass is 10.3. The van der Waals surface area contributed by atoms with Crippen molar-refractivity contribution in [2.45, 2.75) is 25.4 Å². The highest BCUT2D eigenvalue weighted by Gasteiger charge is 2.21. The van der Waals surface area contributed by atoms with Crippen LogP contribution in [0.4, 0.5) is 0 Å². The normalized spacial score (nSPS) is 13.3. The fourth-order valence-corrected chi connectivity index (χ4v) is 1.50. The van der Waals surface area contributed by atoms with Gasteiger partial charge >= 0.3 is 0 Å². The van der Waals surface area contributed by atoms with Crippen molar-refractivity contribution >= 4 is 24.8 Å². The summed E-state index contributed by atoms with van der Waals surface area (Å²) in [6, 6.07) is 2.47. The molecule has 1 saturated carbocycles. The lowest BCUT2D eigenvalue weighted by molar-refractivity contribution is 0.348. The molecule has 0 saturated heterocycles. The quantitative estimate of drug-likeness (QED) is 0.898. The molecule has 1 fully saturated rings. The van der Waals surface area contributed by atoms with Crippen LogP contribution in [0.1, 0.15) is 18.5 Å². The van der Waals surface area contributed by atoms with Gasteiger partial charge in [-0.1, -0.05) is 0 Å². The minimum atomic E-state index is 0. The smallest absolute Gasteiger partial charge is 0.183 e. The van der Waals surface area contributed by atoms with E-state index in [0.29, 0.717) is 6.04 Å². The van der Waals surface area contributed by atoms with Gasteiger partial charge in [-0.05, 0) is 12.8 Å². The number of halogens is 2. The van der Waals surface area contributed by atoms with E-state index in [-0.39, 0.29) is 24.8 Å². The van der Waals surface area contributed by atoms with Crippen LogP contribution in [-0.2, 0) is 6.54 Å². The van der Waals surface area contributed by atoms with Gasteiger partial charge in [0.15, 0.2) is 11.5 Å². The summed E-state index contributed by atoms with van der Waals surface area (Å²) in [4.78, 5) is 4.29. The van der Waals surface area contributed by atoms with E-state index in [4.69, 9.17) is 9.47 Å². The van der Waals surface area contributed by atoms with Gasteiger partial charge in [-0.15, -0.1) is 24.8 Å². The maximum absolute atomic E-state index is 5.29. The Kier molecular flexibility index (Phi) is 7.27. The van der Waals surface area contributed by atoms with E-state index in [9.17, 15) is 0 Å². The molecular weight excluding hydrogens is 263 g/mol. The van der Waals surface area contributed by atoms with E-state index >= 15 is 0 Å². The Morgan fingerprint density at radius 1 is 1.29 bits per heavy atom. The van der Waals surface area contributed by atoms with Crippen molar-refractivity contribution in [3.05, 3.63) is 18.0 Å². The third-order valence-corrected chi connectivity index (χ3v) is 2.50. The van der Waals surface area contributed by atoms with E-state index < -0.39 is 0 Å². The number of hydrogen-bond donors (Lipinski definition) is 1. The molecule has 1 heterocycles. The molecule has 0 unspecified atom stereocenters. The minimum Gasteiger partial charge on any atom is -0.493 e. The lowest BCUT2D eigenvalue weighted by Crippen LogP contribution is -2.17. The number of pyridine rings is 1. The number of methoxy groups -OCH3 is 2. The summed E-state index contributed by atoms with van der Waals surface area (Å²) in [5.41, 5.74) is 0.906. The molecular formula is C11H18Cl2N2O2. The zero-order chi connectivity index (χ0) is 10.7. The van der Waals surface area contributed by atoms with E-state index in [1.807, 2.05) is 0 Å². The fourth-order valence-electron chi connectivity index (χ4n) is 1.50. The Morgan fingerprint density at radius 2 is 2.00 bits per heavy atom. The minimum absolute atomic E-state index is 0. The van der Waals surface area contributed by atoms with Crippen molar-refractivity contribution in [2.75, 3.05) is 14.2 Å². The average molecular weight is 281 g/mol. The van der Waals surface area contributed by atoms with Crippen molar-refractivity contribution in [1.29, 1.82) is 0 Å². The summed E-state index contributed by atoms with van der Waals surface area (Å²) in [7, 11) is 3.27. The van der Waals surface area contributed by atoms with Gasteiger partial charge in [-0.2, -0.15) is 0 Å². The number of nitrogens with one attached hydrogen (secondary N) is 1. The Bertz CT molecular complexity index is 346. The molecule has 2 rings (SSSR count). The number of nitrogens with zero attached hydrogens (tertiary/aromatic N) is 1. The number of rotatable bonds is 5. The van der Waals surface area contributed by atoms with Crippen LogP contribution in [0.3, 0.4) is 0 Å². The second kappa shape index (κ2) is 7.58. The standard InChI is InChI=1S/C11H16N2O2.2ClH/c1-14-10-5-6-12-9(11(10)15-2)7-13-8-3-4-8;;/h5-6,8,13H,3-4,7H2,1-2H3;2*1H. The van der Waals surface area contributed by atoms with E-state index in [1.54, 1.807) is 26.5 Å². The third-order valence-electron chi connectivity index (χ3n) is 2.50. The van der Waals surface area contributed by atoms with Crippen molar-refractivity contribution in [1.82, 2.24) is 10.3 Å². The van der Waals surface area contributed by atoms with Crippen molar-refractivity contribution < 1.29 is 9.47 Å². The molecule has 1 aromatic rings. The van der Waals surface area contributed by atoms with Gasteiger partial charge in [0.05, 0.1) is 19.9 Å². The zero-order valence-electron chi connectivity index (χ0n) is 9.93. The Hall–Kier alpha value is -0.710. The van der Waals surface area contributed by atoms with E-state index in [2.05, 4.69) is 10.3 Å². The summed E-state index contributed by atoms with van der Waals surface area (Å²) in [5.74, 6) is 1.47. The maximum atomic E-state index is 5.29. The summed E-state index contributed by atoms with van der Waals surface area (Å²) in [6.45, 7) is 0.741. The molecule has 0 aliphatic heterocycles. The molecule has 4 nitrogen and oxygen atoms in total. The van der Waals surface area contributed by atoms with Gasteiger partial charge < -0.3 is 14.8 Å². The first kappa shape index (κ1) is 16.3. The van der Waals surface area contributed by atoms with Crippen LogP contribution in [-0.4, -0.2) is 25.2 Å². The SMILES string of the molecule is COc1ccnc(CNC2CC2)c1OC.Cl.Cl. The summed E-state index contributed by atoms with van der Waals surface area (Å²) >= 11 is 0. The summed E-state index contributed by atoms with van der Waals surface area (Å²) in [6.07, 6.45) is 4.28. The fraction of sp³-hybridized carbons (Fsp3) is 0.545. The van der Waals surface area contributed by atoms with Gasteiger partial charge in [-0.25, -0.2) is 0 Å². The van der Waals surface area contributed by atoms with Crippen LogP contribution in [0.15, 0.2) is 12.3 Å². The third kappa shape index (κ3) is 4.22. The van der Waals surface area contributed by atoms with Crippen LogP contribution in [0.25, 0.3) is 0 Å². The predicted molar refractivity (Wildman–Crippen MR) is 71.7 cm³/mol. The number of aromatic nitrogens is 1. The lowest BCUT2D eigenvalue weighted by Gasteiger charge is -2.11. The molecule has 17 heavy (non-hydrogen) atoms. The molecule has 6 heteroatoms. The molecule has 1 N–H and O–H groups in total. The van der Waals surface area contributed by atoms with Gasteiger partial charge in [-0.3, -0.25) is 4.98 Å². The first-order valence-electron chi connectivity index (χ1n) is 5.14. The van der Waals surface area contributed by atoms with Crippen LogP contribution < -0.4 is 14.8 Å². The summed E-state index contributed by atoms with van der Waals surface area (Å²) < 4.78 is 10.5. The Labute approximate surface area is 114 Å². The first-order chi connectivity index (χ1) is 7.35. The highest BCUT2D eigenvalue weighted by atomic mass is 35.5. The van der Waals surface area contributed by atoms with Crippen LogP contribution in [0.2, 0.25) is 0 Å². The molecule has 0 atom stereocenters. The zero-order valence-corrected chi connectivity index (χ0v) is 11.6. The van der Waals surface area contributed by atoms with Gasteiger partial charge in [0.2, 0.25) is 0 Å². The molecule has 1 aromatic heterocycles. The molecule has 0 spiro atoms. The van der Waals surface area contributed by atoms with Crippen LogP contribution in [0, 0.1) is 0 Å². The predicted octanol–water partition coefficient (Wildman–Crippen LogP) is 2.19. The number of ether oxygens (including phenoxy) is 2. The highest BCUT2D eigenvalue weighted by molar-refractivity contribution is 5.85. The molecule has 0 amide bonds. The average Bonchev–Trinajstić information content (AvgIpc) is 3.09. The number of hydrogen-bond acceptors (Lipinski definition) is 4. The van der Waals surface area contributed by atoms with Crippen molar-refractivity contribution in [3.8, 4) is 11.5 Å². The maximum Gasteiger partial charge on any atom is 0.183 e. The van der Waals surface area contributed by atoms with E-state index in [0.717, 1.165) is 23.7 Å².